The van der Waals surface area contributed by atoms with Crippen LogP contribution in [0.4, 0.5) is 4.79 Å². The highest BCUT2D eigenvalue weighted by Gasteiger charge is 2.37. The highest BCUT2D eigenvalue weighted by atomic mass is 35.5. The second-order valence-corrected chi connectivity index (χ2v) is 16.2. The number of carbonyl (C=O) groups is 2. The SMILES string of the molecule is COc1nc(-c2cccc(-c3ccnc(-c4cc(OC)c5nc(CN6CC(C)(O)C6)nn5c4)c3Cl)c2Cl)ccc1CN(C[C@@H]1CCC(=O)N1)C(=O)OC(C)(C)C. The van der Waals surface area contributed by atoms with Gasteiger partial charge in [0.1, 0.15) is 5.60 Å². The largest absolute Gasteiger partial charge is 0.493 e. The summed E-state index contributed by atoms with van der Waals surface area (Å²) >= 11 is 14.3. The van der Waals surface area contributed by atoms with Crippen molar-refractivity contribution in [1.82, 2.24) is 39.7 Å². The normalized spacial score (nSPS) is 16.7. The molecular formula is C40H44Cl2N8O6. The number of rotatable bonds is 11. The van der Waals surface area contributed by atoms with Gasteiger partial charge in [-0.3, -0.25) is 14.7 Å². The summed E-state index contributed by atoms with van der Waals surface area (Å²) in [5.74, 6) is 1.38. The van der Waals surface area contributed by atoms with Crippen molar-refractivity contribution in [3.8, 4) is 45.3 Å². The van der Waals surface area contributed by atoms with E-state index in [-0.39, 0.29) is 25.0 Å². The second-order valence-electron chi connectivity index (χ2n) is 15.5. The van der Waals surface area contributed by atoms with E-state index in [1.54, 1.807) is 28.8 Å². The first-order valence-electron chi connectivity index (χ1n) is 18.2. The van der Waals surface area contributed by atoms with E-state index in [4.69, 9.17) is 42.4 Å². The number of methoxy groups -OCH3 is 2. The molecule has 2 aliphatic rings. The number of pyridine rings is 3. The van der Waals surface area contributed by atoms with Gasteiger partial charge in [0.05, 0.1) is 54.3 Å². The molecule has 0 bridgehead atoms. The van der Waals surface area contributed by atoms with Crippen LogP contribution >= 0.6 is 23.2 Å². The summed E-state index contributed by atoms with van der Waals surface area (Å²) in [7, 11) is 3.09. The van der Waals surface area contributed by atoms with Crippen molar-refractivity contribution in [3.63, 3.8) is 0 Å². The minimum absolute atomic E-state index is 0.0379. The Morgan fingerprint density at radius 2 is 1.80 bits per heavy atom. The molecule has 0 unspecified atom stereocenters. The molecule has 294 valence electrons. The van der Waals surface area contributed by atoms with Crippen molar-refractivity contribution in [2.45, 2.75) is 70.9 Å². The zero-order valence-electron chi connectivity index (χ0n) is 32.1. The van der Waals surface area contributed by atoms with Crippen LogP contribution in [0.15, 0.2) is 54.9 Å². The number of hydrogen-bond donors (Lipinski definition) is 2. The van der Waals surface area contributed by atoms with Gasteiger partial charge in [0.2, 0.25) is 11.8 Å². The molecule has 2 N–H and O–H groups in total. The van der Waals surface area contributed by atoms with Gasteiger partial charge in [-0.05, 0) is 58.4 Å². The van der Waals surface area contributed by atoms with E-state index in [2.05, 4.69) is 25.3 Å². The zero-order valence-corrected chi connectivity index (χ0v) is 33.6. The first kappa shape index (κ1) is 39.2. The van der Waals surface area contributed by atoms with E-state index < -0.39 is 17.3 Å². The molecule has 14 nitrogen and oxygen atoms in total. The lowest BCUT2D eigenvalue weighted by Gasteiger charge is -2.43. The van der Waals surface area contributed by atoms with E-state index in [1.807, 2.05) is 70.3 Å². The molecule has 2 aliphatic heterocycles. The van der Waals surface area contributed by atoms with Crippen molar-refractivity contribution >= 4 is 40.8 Å². The summed E-state index contributed by atoms with van der Waals surface area (Å²) in [6.45, 7) is 9.25. The van der Waals surface area contributed by atoms with E-state index in [1.165, 1.54) is 7.11 Å². The third-order valence-electron chi connectivity index (χ3n) is 9.56. The summed E-state index contributed by atoms with van der Waals surface area (Å²) in [5, 5.41) is 18.5. The van der Waals surface area contributed by atoms with Crippen molar-refractivity contribution in [2.24, 2.45) is 0 Å². The number of benzene rings is 1. The molecular weight excluding hydrogens is 759 g/mol. The molecule has 0 radical (unpaired) electrons. The van der Waals surface area contributed by atoms with E-state index in [0.717, 1.165) is 0 Å². The van der Waals surface area contributed by atoms with Crippen LogP contribution in [0.2, 0.25) is 10.0 Å². The molecule has 6 heterocycles. The smallest absolute Gasteiger partial charge is 0.410 e. The molecule has 0 aliphatic carbocycles. The number of fused-ring (bicyclic) bond motifs is 1. The quantitative estimate of drug-likeness (QED) is 0.152. The first-order chi connectivity index (χ1) is 26.6. The Morgan fingerprint density at radius 3 is 2.48 bits per heavy atom. The maximum atomic E-state index is 13.3. The number of nitrogens with zero attached hydrogens (tertiary/aromatic N) is 7. The Morgan fingerprint density at radius 1 is 1.05 bits per heavy atom. The molecule has 1 aromatic carbocycles. The maximum Gasteiger partial charge on any atom is 0.410 e. The molecule has 5 aromatic rings. The predicted molar refractivity (Wildman–Crippen MR) is 212 cm³/mol. The number of ether oxygens (including phenoxy) is 3. The Balaban J connectivity index is 1.17. The van der Waals surface area contributed by atoms with Gasteiger partial charge in [-0.25, -0.2) is 19.3 Å². The predicted octanol–water partition coefficient (Wildman–Crippen LogP) is 6.43. The lowest BCUT2D eigenvalue weighted by atomic mass is 9.97. The third-order valence-corrected chi connectivity index (χ3v) is 10.3. The standard InChI is InChI=1S/C40H44Cl2N8O6/c1-39(2,3)56-38(52)49(19-25-11-13-32(51)44-25)17-23-10-12-29(45-37(23)55-6)28-9-7-8-26(33(28)41)27-14-15-43-35(34(27)42)24-16-30(54-5)36-46-31(47-50(36)18-24)20-48-21-40(4,53)22-48/h7-10,12,14-16,18,25,53H,11,13,17,19-22H2,1-6H3,(H,44,51)/t25-/m0/s1. The van der Waals surface area contributed by atoms with Crippen LogP contribution in [-0.2, 0) is 22.6 Å². The highest BCUT2D eigenvalue weighted by Crippen LogP contribution is 2.42. The monoisotopic (exact) mass is 802 g/mol. The number of aliphatic hydroxyl groups is 1. The molecule has 56 heavy (non-hydrogen) atoms. The van der Waals surface area contributed by atoms with Gasteiger partial charge in [0.15, 0.2) is 17.2 Å². The topological polar surface area (TPSA) is 157 Å². The van der Waals surface area contributed by atoms with Gasteiger partial charge in [-0.1, -0.05) is 41.4 Å². The average molecular weight is 804 g/mol. The molecule has 4 aromatic heterocycles. The van der Waals surface area contributed by atoms with Crippen molar-refractivity contribution < 1.29 is 28.9 Å². The summed E-state index contributed by atoms with van der Waals surface area (Å²) in [4.78, 5) is 43.0. The number of nitrogens with one attached hydrogen (secondary N) is 1. The number of carbonyl (C=O) groups excluding carboxylic acids is 2. The van der Waals surface area contributed by atoms with E-state index in [9.17, 15) is 14.7 Å². The van der Waals surface area contributed by atoms with Gasteiger partial charge >= 0.3 is 6.09 Å². The van der Waals surface area contributed by atoms with Crippen LogP contribution in [0.3, 0.4) is 0 Å². The van der Waals surface area contributed by atoms with Crippen LogP contribution in [0.5, 0.6) is 11.6 Å². The number of aromatic nitrogens is 5. The van der Waals surface area contributed by atoms with Crippen molar-refractivity contribution in [3.05, 3.63) is 76.3 Å². The van der Waals surface area contributed by atoms with Crippen LogP contribution in [0.1, 0.15) is 51.9 Å². The highest BCUT2D eigenvalue weighted by molar-refractivity contribution is 6.39. The second kappa shape index (κ2) is 15.5. The molecule has 0 spiro atoms. The number of β-amino-alcohol motifs (C(OH)–C–C–N with tert-alkyl or cyclic N) is 1. The molecule has 2 saturated heterocycles. The fourth-order valence-corrected chi connectivity index (χ4v) is 7.75. The van der Waals surface area contributed by atoms with Crippen LogP contribution in [-0.4, -0.2) is 103 Å². The first-order valence-corrected chi connectivity index (χ1v) is 19.0. The molecule has 2 amide bonds. The molecule has 2 fully saturated rings. The minimum atomic E-state index is -0.707. The van der Waals surface area contributed by atoms with Gasteiger partial charge in [-0.15, -0.1) is 5.10 Å². The van der Waals surface area contributed by atoms with Crippen LogP contribution in [0, 0.1) is 0 Å². The number of halogens is 2. The average Bonchev–Trinajstić information content (AvgIpc) is 3.74. The Bertz CT molecular complexity index is 2300. The molecule has 7 rings (SSSR count). The summed E-state index contributed by atoms with van der Waals surface area (Å²) in [5.41, 5.74) is 3.47. The lowest BCUT2D eigenvalue weighted by molar-refractivity contribution is -0.119. The summed E-state index contributed by atoms with van der Waals surface area (Å²) < 4.78 is 18.8. The van der Waals surface area contributed by atoms with Gasteiger partial charge < -0.3 is 29.5 Å². The fraction of sp³-hybridized carbons (Fsp3) is 0.400. The van der Waals surface area contributed by atoms with Gasteiger partial charge in [0.25, 0.3) is 0 Å². The lowest BCUT2D eigenvalue weighted by Crippen LogP contribution is -2.59. The summed E-state index contributed by atoms with van der Waals surface area (Å²) in [6, 6.07) is 12.7. The van der Waals surface area contributed by atoms with Crippen molar-refractivity contribution in [2.75, 3.05) is 33.9 Å². The third kappa shape index (κ3) is 8.38. The van der Waals surface area contributed by atoms with Gasteiger partial charge in [0, 0.05) is 72.3 Å². The van der Waals surface area contributed by atoms with Crippen LogP contribution < -0.4 is 14.8 Å². The Labute approximate surface area is 334 Å². The van der Waals surface area contributed by atoms with Gasteiger partial charge in [-0.2, -0.15) is 0 Å². The number of hydrogen-bond acceptors (Lipinski definition) is 11. The summed E-state index contributed by atoms with van der Waals surface area (Å²) in [6.07, 6.45) is 4.02. The number of amides is 2. The number of likely N-dealkylation sites (tertiary alicyclic amines) is 1. The van der Waals surface area contributed by atoms with Crippen molar-refractivity contribution in [1.29, 1.82) is 0 Å². The minimum Gasteiger partial charge on any atom is -0.493 e. The fourth-order valence-electron chi connectivity index (χ4n) is 7.10. The molecule has 1 atom stereocenters. The zero-order chi connectivity index (χ0) is 39.9. The maximum absolute atomic E-state index is 13.3. The Kier molecular flexibility index (Phi) is 10.8. The molecule has 16 heteroatoms. The van der Waals surface area contributed by atoms with E-state index in [0.29, 0.717) is 105 Å². The molecule has 0 saturated carbocycles. The Hall–Kier alpha value is -5.02. The van der Waals surface area contributed by atoms with E-state index >= 15 is 0 Å². The van der Waals surface area contributed by atoms with Crippen LogP contribution in [0.25, 0.3) is 39.3 Å².